The van der Waals surface area contributed by atoms with Gasteiger partial charge in [0.1, 0.15) is 9.84 Å². The number of amides is 1. The Balaban J connectivity index is 0. The summed E-state index contributed by atoms with van der Waals surface area (Å²) in [6, 6.07) is -0.718. The molecule has 0 aromatic rings. The number of carbonyl (C=O) groups excluding carboxylic acids is 1. The number of nitrogens with two attached hydrogens (primary N) is 1. The van der Waals surface area contributed by atoms with Gasteiger partial charge in [0.05, 0.1) is 11.8 Å². The van der Waals surface area contributed by atoms with Gasteiger partial charge in [0, 0.05) is 20.4 Å². The molecule has 1 atom stereocenters. The Morgan fingerprint density at radius 2 is 1.86 bits per heavy atom. The second-order valence-electron chi connectivity index (χ2n) is 3.26. The lowest BCUT2D eigenvalue weighted by Crippen LogP contribution is -2.40. The van der Waals surface area contributed by atoms with Gasteiger partial charge in [-0.15, -0.1) is 17.0 Å². The fourth-order valence-corrected chi connectivity index (χ4v) is 1.48. The summed E-state index contributed by atoms with van der Waals surface area (Å²) in [4.78, 5) is 12.5. The van der Waals surface area contributed by atoms with Crippen LogP contribution in [0.15, 0.2) is 0 Å². The minimum absolute atomic E-state index is 0. The highest BCUT2D eigenvalue weighted by atomic mass is 79.9. The van der Waals surface area contributed by atoms with Crippen LogP contribution in [0.25, 0.3) is 0 Å². The Labute approximate surface area is 95.3 Å². The van der Waals surface area contributed by atoms with Crippen LogP contribution in [-0.2, 0) is 14.6 Å². The summed E-state index contributed by atoms with van der Waals surface area (Å²) < 4.78 is 21.5. The van der Waals surface area contributed by atoms with Gasteiger partial charge in [-0.3, -0.25) is 4.79 Å². The zero-order valence-corrected chi connectivity index (χ0v) is 11.1. The second kappa shape index (κ2) is 6.36. The van der Waals surface area contributed by atoms with Gasteiger partial charge in [-0.1, -0.05) is 0 Å². The fourth-order valence-electron chi connectivity index (χ4n) is 0.796. The third kappa shape index (κ3) is 7.28. The van der Waals surface area contributed by atoms with E-state index in [0.29, 0.717) is 0 Å². The van der Waals surface area contributed by atoms with Crippen molar-refractivity contribution in [2.24, 2.45) is 5.73 Å². The minimum atomic E-state index is -3.03. The molecule has 2 N–H and O–H groups in total. The van der Waals surface area contributed by atoms with Crippen molar-refractivity contribution in [1.82, 2.24) is 4.90 Å². The van der Waals surface area contributed by atoms with E-state index < -0.39 is 15.9 Å². The van der Waals surface area contributed by atoms with E-state index in [1.807, 2.05) is 0 Å². The number of hydrogen-bond donors (Lipinski definition) is 1. The highest BCUT2D eigenvalue weighted by Gasteiger charge is 2.16. The van der Waals surface area contributed by atoms with Crippen molar-refractivity contribution in [3.63, 3.8) is 0 Å². The Hall–Kier alpha value is -0.140. The summed E-state index contributed by atoms with van der Waals surface area (Å²) in [7, 11) is 0.143. The molecule has 86 valence electrons. The van der Waals surface area contributed by atoms with Crippen LogP contribution in [0.5, 0.6) is 0 Å². The van der Waals surface area contributed by atoms with Crippen LogP contribution in [-0.4, -0.2) is 51.4 Å². The molecule has 0 fully saturated rings. The zero-order chi connectivity index (χ0) is 10.6. The van der Waals surface area contributed by atoms with Gasteiger partial charge in [-0.2, -0.15) is 0 Å². The van der Waals surface area contributed by atoms with E-state index >= 15 is 0 Å². The second-order valence-corrected chi connectivity index (χ2v) is 5.52. The van der Waals surface area contributed by atoms with Crippen LogP contribution in [0.2, 0.25) is 0 Å². The molecule has 0 aliphatic carbocycles. The van der Waals surface area contributed by atoms with Crippen LogP contribution < -0.4 is 5.73 Å². The van der Waals surface area contributed by atoms with Crippen molar-refractivity contribution < 1.29 is 13.2 Å². The molecule has 0 aliphatic heterocycles. The molecule has 0 aliphatic rings. The lowest BCUT2D eigenvalue weighted by Gasteiger charge is -2.15. The lowest BCUT2D eigenvalue weighted by molar-refractivity contribution is -0.130. The molecule has 14 heavy (non-hydrogen) atoms. The van der Waals surface area contributed by atoms with Crippen molar-refractivity contribution in [2.75, 3.05) is 26.1 Å². The maximum atomic E-state index is 11.2. The smallest absolute Gasteiger partial charge is 0.238 e. The maximum Gasteiger partial charge on any atom is 0.238 e. The molecule has 0 spiro atoms. The Morgan fingerprint density at radius 1 is 1.43 bits per heavy atom. The van der Waals surface area contributed by atoms with Gasteiger partial charge in [0.25, 0.3) is 0 Å². The predicted molar refractivity (Wildman–Crippen MR) is 61.3 cm³/mol. The van der Waals surface area contributed by atoms with Crippen molar-refractivity contribution >= 4 is 32.7 Å². The van der Waals surface area contributed by atoms with Crippen molar-refractivity contribution in [1.29, 1.82) is 0 Å². The first-order chi connectivity index (χ1) is 5.74. The minimum Gasteiger partial charge on any atom is -0.347 e. The molecule has 1 amide bonds. The Morgan fingerprint density at radius 3 is 2.14 bits per heavy atom. The normalized spacial score (nSPS) is 12.9. The quantitative estimate of drug-likeness (QED) is 0.750. The summed E-state index contributed by atoms with van der Waals surface area (Å²) in [5, 5.41) is 0. The van der Waals surface area contributed by atoms with E-state index in [1.165, 1.54) is 4.90 Å². The molecular formula is C7H17BrN2O3S. The third-order valence-electron chi connectivity index (χ3n) is 1.56. The molecule has 0 rings (SSSR count). The molecule has 0 bridgehead atoms. The average molecular weight is 289 g/mol. The number of hydrogen-bond acceptors (Lipinski definition) is 4. The van der Waals surface area contributed by atoms with Gasteiger partial charge in [0.15, 0.2) is 0 Å². The van der Waals surface area contributed by atoms with Gasteiger partial charge < -0.3 is 10.6 Å². The molecule has 0 aromatic heterocycles. The summed E-state index contributed by atoms with van der Waals surface area (Å²) in [6.07, 6.45) is 1.30. The third-order valence-corrected chi connectivity index (χ3v) is 2.53. The number of halogens is 1. The number of carbonyl (C=O) groups is 1. The molecule has 1 unspecified atom stereocenters. The molecule has 7 heteroatoms. The lowest BCUT2D eigenvalue weighted by atomic mass is 10.2. The highest BCUT2D eigenvalue weighted by molar-refractivity contribution is 8.93. The number of rotatable bonds is 4. The van der Waals surface area contributed by atoms with Gasteiger partial charge >= 0.3 is 0 Å². The SMILES string of the molecule is Br.CN(C)C(=O)C(N)CCS(C)(=O)=O. The molecule has 0 radical (unpaired) electrons. The van der Waals surface area contributed by atoms with E-state index in [0.717, 1.165) is 6.26 Å². The molecule has 0 saturated carbocycles. The van der Waals surface area contributed by atoms with Gasteiger partial charge in [-0.05, 0) is 6.42 Å². The van der Waals surface area contributed by atoms with Crippen LogP contribution in [0.1, 0.15) is 6.42 Å². The van der Waals surface area contributed by atoms with Crippen molar-refractivity contribution in [3.05, 3.63) is 0 Å². The first kappa shape index (κ1) is 16.3. The molecule has 0 aromatic carbocycles. The van der Waals surface area contributed by atoms with E-state index in [2.05, 4.69) is 0 Å². The average Bonchev–Trinajstić information content (AvgIpc) is 1.97. The predicted octanol–water partition coefficient (Wildman–Crippen LogP) is -0.585. The summed E-state index contributed by atoms with van der Waals surface area (Å²) in [5.41, 5.74) is 5.47. The molecule has 0 heterocycles. The summed E-state index contributed by atoms with van der Waals surface area (Å²) in [5.74, 6) is -0.294. The van der Waals surface area contributed by atoms with Gasteiger partial charge in [0.2, 0.25) is 5.91 Å². The highest BCUT2D eigenvalue weighted by Crippen LogP contribution is 1.96. The monoisotopic (exact) mass is 288 g/mol. The van der Waals surface area contributed by atoms with Crippen LogP contribution >= 0.6 is 17.0 Å². The van der Waals surface area contributed by atoms with Crippen LogP contribution in [0, 0.1) is 0 Å². The van der Waals surface area contributed by atoms with E-state index in [-0.39, 0.29) is 35.1 Å². The van der Waals surface area contributed by atoms with Crippen LogP contribution in [0.3, 0.4) is 0 Å². The van der Waals surface area contributed by atoms with E-state index in [4.69, 9.17) is 5.73 Å². The maximum absolute atomic E-state index is 11.2. The van der Waals surface area contributed by atoms with Crippen LogP contribution in [0.4, 0.5) is 0 Å². The summed E-state index contributed by atoms with van der Waals surface area (Å²) >= 11 is 0. The number of sulfone groups is 1. The number of likely N-dealkylation sites (N-methyl/N-ethyl adjacent to an activating group) is 1. The standard InChI is InChI=1S/C7H16N2O3S.BrH/c1-9(2)7(10)6(8)4-5-13(3,11)12;/h6H,4-5,8H2,1-3H3;1H. The van der Waals surface area contributed by atoms with E-state index in [1.54, 1.807) is 14.1 Å². The number of nitrogens with zero attached hydrogens (tertiary/aromatic N) is 1. The Kier molecular flexibility index (Phi) is 7.41. The zero-order valence-electron chi connectivity index (χ0n) is 8.56. The topological polar surface area (TPSA) is 80.5 Å². The summed E-state index contributed by atoms with van der Waals surface area (Å²) in [6.45, 7) is 0. The van der Waals surface area contributed by atoms with Crippen molar-refractivity contribution in [2.45, 2.75) is 12.5 Å². The largest absolute Gasteiger partial charge is 0.347 e. The molecular weight excluding hydrogens is 272 g/mol. The molecule has 5 nitrogen and oxygen atoms in total. The Bertz CT molecular complexity index is 277. The first-order valence-corrected chi connectivity index (χ1v) is 5.94. The fraction of sp³-hybridized carbons (Fsp3) is 0.857. The first-order valence-electron chi connectivity index (χ1n) is 3.88. The van der Waals surface area contributed by atoms with Crippen molar-refractivity contribution in [3.8, 4) is 0 Å². The van der Waals surface area contributed by atoms with E-state index in [9.17, 15) is 13.2 Å². The van der Waals surface area contributed by atoms with Gasteiger partial charge in [-0.25, -0.2) is 8.42 Å². The molecule has 0 saturated heterocycles.